The summed E-state index contributed by atoms with van der Waals surface area (Å²) in [5, 5.41) is 12.6. The van der Waals surface area contributed by atoms with Crippen molar-refractivity contribution in [1.82, 2.24) is 15.1 Å². The molecule has 0 radical (unpaired) electrons. The van der Waals surface area contributed by atoms with Gasteiger partial charge in [0.25, 0.3) is 5.92 Å². The van der Waals surface area contributed by atoms with E-state index >= 15 is 0 Å². The molecule has 1 N–H and O–H groups in total. The first-order chi connectivity index (χ1) is 17.4. The molecule has 0 bridgehead atoms. The van der Waals surface area contributed by atoms with E-state index in [4.69, 9.17) is 4.74 Å². The third-order valence-corrected chi connectivity index (χ3v) is 6.48. The second-order valence-electron chi connectivity index (χ2n) is 8.95. The molecule has 5 rings (SSSR count). The van der Waals surface area contributed by atoms with E-state index in [0.29, 0.717) is 32.8 Å². The van der Waals surface area contributed by atoms with Gasteiger partial charge in [0.05, 0.1) is 36.5 Å². The van der Waals surface area contributed by atoms with E-state index in [-0.39, 0.29) is 17.4 Å². The van der Waals surface area contributed by atoms with Gasteiger partial charge in [0.15, 0.2) is 0 Å². The lowest BCUT2D eigenvalue weighted by atomic mass is 10.1. The van der Waals surface area contributed by atoms with Crippen LogP contribution in [-0.2, 0) is 22.0 Å². The lowest BCUT2D eigenvalue weighted by Crippen LogP contribution is -2.53. The average Bonchev–Trinajstić information content (AvgIpc) is 2.87. The normalized spacial score (nSPS) is 16.2. The van der Waals surface area contributed by atoms with Crippen LogP contribution in [-0.4, -0.2) is 60.4 Å². The summed E-state index contributed by atoms with van der Waals surface area (Å²) in [6.07, 6.45) is 1.65. The number of aromatic nitrogens is 2. The highest BCUT2D eigenvalue weighted by molar-refractivity contribution is 5.93. The van der Waals surface area contributed by atoms with Gasteiger partial charge in [-0.05, 0) is 29.8 Å². The van der Waals surface area contributed by atoms with Crippen LogP contribution in [0.3, 0.4) is 0 Å². The van der Waals surface area contributed by atoms with E-state index in [0.717, 1.165) is 47.9 Å². The first-order valence-corrected chi connectivity index (χ1v) is 12.5. The first kappa shape index (κ1) is 25.8. The molecule has 2 aliphatic heterocycles. The third kappa shape index (κ3) is 5.73. The van der Waals surface area contributed by atoms with Crippen molar-refractivity contribution in [2.45, 2.75) is 33.2 Å². The number of ether oxygens (including phenoxy) is 1. The van der Waals surface area contributed by atoms with Gasteiger partial charge in [0, 0.05) is 56.3 Å². The second kappa shape index (κ2) is 11.2. The number of amides is 1. The van der Waals surface area contributed by atoms with Gasteiger partial charge in [-0.3, -0.25) is 4.79 Å². The molecule has 1 amide bonds. The summed E-state index contributed by atoms with van der Waals surface area (Å²) < 4.78 is 32.5. The molecular weight excluding hydrogens is 464 g/mol. The Balaban J connectivity index is 0.00000148. The molecule has 0 saturated carbocycles. The van der Waals surface area contributed by atoms with Crippen LogP contribution in [0.15, 0.2) is 48.7 Å². The highest BCUT2D eigenvalue weighted by Gasteiger charge is 2.32. The van der Waals surface area contributed by atoms with Crippen LogP contribution in [0.5, 0.6) is 0 Å². The van der Waals surface area contributed by atoms with E-state index in [1.165, 1.54) is 12.1 Å². The Morgan fingerprint density at radius 2 is 1.86 bits per heavy atom. The zero-order chi connectivity index (χ0) is 25.7. The molecule has 9 heteroatoms. The smallest absolute Gasteiger partial charge is 0.270 e. The summed E-state index contributed by atoms with van der Waals surface area (Å²) in [6.45, 7) is 9.24. The number of nitrogens with one attached hydrogen (secondary N) is 1. The number of carbonyl (C=O) groups is 1. The standard InChI is InChI=1S/C25H27F2N5O2.C2H6/c1-25(26,27)19-4-2-3-17(11-19)13-28-23-14-29-30-22-6-5-20(12-21(22)23)31-7-9-32(10-8-31)24(33)18-15-34-16-18;1-2/h2-6,11-12,14,18H,7-10,13,15-16H2,1H3,(H,28,30);1-2H3. The average molecular weight is 498 g/mol. The Morgan fingerprint density at radius 3 is 2.53 bits per heavy atom. The Bertz CT molecular complexity index is 1190. The lowest BCUT2D eigenvalue weighted by Gasteiger charge is -2.39. The molecule has 0 aliphatic carbocycles. The van der Waals surface area contributed by atoms with Gasteiger partial charge in [-0.1, -0.05) is 32.0 Å². The molecule has 3 aromatic rings. The van der Waals surface area contributed by atoms with Crippen LogP contribution in [0.2, 0.25) is 0 Å². The fourth-order valence-electron chi connectivity index (χ4n) is 4.36. The Morgan fingerprint density at radius 1 is 1.11 bits per heavy atom. The van der Waals surface area contributed by atoms with Gasteiger partial charge >= 0.3 is 0 Å². The molecule has 3 heterocycles. The highest BCUT2D eigenvalue weighted by atomic mass is 19.3. The van der Waals surface area contributed by atoms with Gasteiger partial charge < -0.3 is 19.9 Å². The number of piperazine rings is 1. The number of hydrogen-bond donors (Lipinski definition) is 1. The molecule has 192 valence electrons. The summed E-state index contributed by atoms with van der Waals surface area (Å²) in [4.78, 5) is 16.7. The molecule has 0 unspecified atom stereocenters. The van der Waals surface area contributed by atoms with Gasteiger partial charge in [-0.25, -0.2) is 8.78 Å². The summed E-state index contributed by atoms with van der Waals surface area (Å²) in [6, 6.07) is 12.4. The molecule has 0 atom stereocenters. The predicted molar refractivity (Wildman–Crippen MR) is 137 cm³/mol. The van der Waals surface area contributed by atoms with E-state index < -0.39 is 5.92 Å². The van der Waals surface area contributed by atoms with Crippen molar-refractivity contribution in [2.75, 3.05) is 49.6 Å². The van der Waals surface area contributed by atoms with E-state index in [9.17, 15) is 13.6 Å². The van der Waals surface area contributed by atoms with E-state index in [1.54, 1.807) is 12.3 Å². The summed E-state index contributed by atoms with van der Waals surface area (Å²) in [5.41, 5.74) is 3.35. The van der Waals surface area contributed by atoms with Crippen molar-refractivity contribution in [1.29, 1.82) is 0 Å². The molecule has 2 saturated heterocycles. The maximum atomic E-state index is 13.7. The van der Waals surface area contributed by atoms with Gasteiger partial charge in [-0.15, -0.1) is 0 Å². The van der Waals surface area contributed by atoms with Crippen molar-refractivity contribution in [2.24, 2.45) is 5.92 Å². The zero-order valence-corrected chi connectivity index (χ0v) is 21.0. The molecule has 1 aromatic heterocycles. The number of hydrogen-bond acceptors (Lipinski definition) is 6. The van der Waals surface area contributed by atoms with Crippen molar-refractivity contribution in [3.8, 4) is 0 Å². The van der Waals surface area contributed by atoms with Crippen LogP contribution in [0.25, 0.3) is 10.9 Å². The number of carbonyl (C=O) groups excluding carboxylic acids is 1. The number of fused-ring (bicyclic) bond motifs is 1. The highest BCUT2D eigenvalue weighted by Crippen LogP contribution is 2.29. The minimum absolute atomic E-state index is 0.00532. The topological polar surface area (TPSA) is 70.6 Å². The minimum Gasteiger partial charge on any atom is -0.380 e. The van der Waals surface area contributed by atoms with Gasteiger partial charge in [0.2, 0.25) is 5.91 Å². The number of benzene rings is 2. The molecule has 0 spiro atoms. The summed E-state index contributed by atoms with van der Waals surface area (Å²) in [5.74, 6) is -2.67. The summed E-state index contributed by atoms with van der Waals surface area (Å²) >= 11 is 0. The number of anilines is 2. The predicted octanol–water partition coefficient (Wildman–Crippen LogP) is 4.67. The van der Waals surface area contributed by atoms with Crippen molar-refractivity contribution in [3.63, 3.8) is 0 Å². The lowest BCUT2D eigenvalue weighted by molar-refractivity contribution is -0.150. The fraction of sp³-hybridized carbons (Fsp3) is 0.444. The van der Waals surface area contributed by atoms with Crippen LogP contribution < -0.4 is 10.2 Å². The van der Waals surface area contributed by atoms with E-state index in [1.807, 2.05) is 36.9 Å². The second-order valence-corrected chi connectivity index (χ2v) is 8.95. The molecule has 36 heavy (non-hydrogen) atoms. The number of rotatable bonds is 6. The third-order valence-electron chi connectivity index (χ3n) is 6.48. The SMILES string of the molecule is CC.CC(F)(F)c1cccc(CNc2cnnc3ccc(N4CCN(C(=O)C5COC5)CC4)cc23)c1. The Hall–Kier alpha value is -3.33. The van der Waals surface area contributed by atoms with Crippen molar-refractivity contribution in [3.05, 3.63) is 59.8 Å². The Labute approximate surface area is 210 Å². The fourth-order valence-corrected chi connectivity index (χ4v) is 4.36. The number of nitrogens with zero attached hydrogens (tertiary/aromatic N) is 4. The monoisotopic (exact) mass is 497 g/mol. The van der Waals surface area contributed by atoms with Crippen LogP contribution in [0.1, 0.15) is 31.9 Å². The molecule has 2 aliphatic rings. The molecular formula is C27H33F2N5O2. The maximum Gasteiger partial charge on any atom is 0.270 e. The number of halogens is 2. The van der Waals surface area contributed by atoms with Crippen molar-refractivity contribution >= 4 is 28.2 Å². The molecule has 2 fully saturated rings. The number of alkyl halides is 2. The molecule has 7 nitrogen and oxygen atoms in total. The Kier molecular flexibility index (Phi) is 7.98. The van der Waals surface area contributed by atoms with Crippen LogP contribution in [0, 0.1) is 5.92 Å². The largest absolute Gasteiger partial charge is 0.380 e. The quantitative estimate of drug-likeness (QED) is 0.534. The first-order valence-electron chi connectivity index (χ1n) is 12.5. The maximum absolute atomic E-state index is 13.7. The van der Waals surface area contributed by atoms with Crippen molar-refractivity contribution < 1.29 is 18.3 Å². The van der Waals surface area contributed by atoms with E-state index in [2.05, 4.69) is 26.5 Å². The summed E-state index contributed by atoms with van der Waals surface area (Å²) in [7, 11) is 0. The van der Waals surface area contributed by atoms with Gasteiger partial charge in [0.1, 0.15) is 0 Å². The molecule has 2 aromatic carbocycles. The zero-order valence-electron chi connectivity index (χ0n) is 21.0. The minimum atomic E-state index is -2.88. The van der Waals surface area contributed by atoms with Crippen LogP contribution in [0.4, 0.5) is 20.2 Å². The van der Waals surface area contributed by atoms with Crippen LogP contribution >= 0.6 is 0 Å². The van der Waals surface area contributed by atoms with Gasteiger partial charge in [-0.2, -0.15) is 10.2 Å².